The van der Waals surface area contributed by atoms with Gasteiger partial charge in [0.1, 0.15) is 6.10 Å². The molecule has 2 aliphatic heterocycles. The van der Waals surface area contributed by atoms with E-state index < -0.39 is 112 Å². The first-order valence-electron chi connectivity index (χ1n) is 12.7. The summed E-state index contributed by atoms with van der Waals surface area (Å²) >= 11 is 2.75. The smallest absolute Gasteiger partial charge is 0.303 e. The van der Waals surface area contributed by atoms with Gasteiger partial charge in [-0.3, -0.25) is 33.6 Å². The molecule has 44 heavy (non-hydrogen) atoms. The van der Waals surface area contributed by atoms with Crippen LogP contribution in [-0.4, -0.2) is 143 Å². The van der Waals surface area contributed by atoms with Crippen molar-refractivity contribution in [3.05, 3.63) is 0 Å². The summed E-state index contributed by atoms with van der Waals surface area (Å²) in [6.07, 6.45) is -11.5. The number of alkyl halides is 1. The van der Waals surface area contributed by atoms with Crippen LogP contribution in [0.4, 0.5) is 0 Å². The molecule has 0 aromatic rings. The molecule has 18 nitrogen and oxygen atoms in total. The second-order valence-corrected chi connectivity index (χ2v) is 10.8. The lowest BCUT2D eigenvalue weighted by molar-refractivity contribution is -0.442. The molecule has 248 valence electrons. The molecule has 0 unspecified atom stereocenters. The minimum absolute atomic E-state index is 0.451. The fourth-order valence-corrected chi connectivity index (χ4v) is 6.08. The molecule has 2 saturated heterocycles. The highest BCUT2D eigenvalue weighted by Gasteiger charge is 2.90. The fourth-order valence-electron chi connectivity index (χ4n) is 5.63. The number of hydrogen-bond acceptors (Lipinski definition) is 18. The van der Waals surface area contributed by atoms with E-state index >= 15 is 0 Å². The Morgan fingerprint density at radius 3 is 1.59 bits per heavy atom. The van der Waals surface area contributed by atoms with Crippen LogP contribution in [0.15, 0.2) is 0 Å². The molecule has 0 aromatic carbocycles. The molecule has 0 spiro atoms. The Hall–Kier alpha value is -2.59. The fraction of sp³-hybridized carbons (Fsp3) is 0.720. The number of ether oxygens (including phenoxy) is 5. The van der Waals surface area contributed by atoms with Crippen LogP contribution in [0.25, 0.3) is 0 Å². The largest absolute Gasteiger partial charge is 0.455 e. The topological polar surface area (TPSA) is 287 Å². The summed E-state index contributed by atoms with van der Waals surface area (Å²) in [5.41, 5.74) is -16.0. The molecular weight excluding hydrogens is 668 g/mol. The van der Waals surface area contributed by atoms with Crippen molar-refractivity contribution >= 4 is 56.8 Å². The van der Waals surface area contributed by atoms with Gasteiger partial charge in [0.15, 0.2) is 59.3 Å². The Balaban J connectivity index is 3.11. The highest BCUT2D eigenvalue weighted by Crippen LogP contribution is 2.57. The second-order valence-electron chi connectivity index (χ2n) is 10.3. The predicted octanol–water partition coefficient (Wildman–Crippen LogP) is -4.13. The molecule has 2 aliphatic rings. The minimum Gasteiger partial charge on any atom is -0.455 e. The van der Waals surface area contributed by atoms with E-state index in [1.165, 1.54) is 0 Å². The maximum atomic E-state index is 13.7. The number of rotatable bonds is 11. The van der Waals surface area contributed by atoms with Gasteiger partial charge in [-0.1, -0.05) is 15.9 Å². The first-order chi connectivity index (χ1) is 20.0. The van der Waals surface area contributed by atoms with Crippen LogP contribution in [0.3, 0.4) is 0 Å². The van der Waals surface area contributed by atoms with Crippen LogP contribution < -0.4 is 0 Å². The van der Waals surface area contributed by atoms with E-state index in [2.05, 4.69) is 15.9 Å². The zero-order valence-corrected chi connectivity index (χ0v) is 25.8. The van der Waals surface area contributed by atoms with Crippen molar-refractivity contribution in [2.24, 2.45) is 0 Å². The molecule has 0 bridgehead atoms. The van der Waals surface area contributed by atoms with Crippen molar-refractivity contribution in [1.82, 2.24) is 0 Å². The number of ketones is 5. The molecule has 19 heteroatoms. The molecule has 0 amide bonds. The number of carbonyl (C=O) groups is 7. The number of hydrogen-bond donors (Lipinski definition) is 6. The Bertz CT molecular complexity index is 1250. The number of carbonyl (C=O) groups excluding carboxylic acids is 7. The van der Waals surface area contributed by atoms with Crippen molar-refractivity contribution in [2.75, 3.05) is 11.9 Å². The van der Waals surface area contributed by atoms with Crippen molar-refractivity contribution < 1.29 is 87.9 Å². The summed E-state index contributed by atoms with van der Waals surface area (Å²) in [7, 11) is 0. The molecule has 6 N–H and O–H groups in total. The predicted molar refractivity (Wildman–Crippen MR) is 139 cm³/mol. The maximum absolute atomic E-state index is 13.7. The van der Waals surface area contributed by atoms with E-state index in [1.54, 1.807) is 0 Å². The molecule has 2 heterocycles. The molecule has 10 atom stereocenters. The van der Waals surface area contributed by atoms with E-state index in [9.17, 15) is 64.2 Å². The van der Waals surface area contributed by atoms with Crippen LogP contribution in [0.5, 0.6) is 0 Å². The molecule has 0 radical (unpaired) electrons. The lowest BCUT2D eigenvalue weighted by Gasteiger charge is -2.65. The lowest BCUT2D eigenvalue weighted by Crippen LogP contribution is -2.95. The molecular formula is C25H33BrO18. The highest BCUT2D eigenvalue weighted by atomic mass is 79.9. The van der Waals surface area contributed by atoms with Gasteiger partial charge in [-0.05, 0) is 20.8 Å². The van der Waals surface area contributed by atoms with Gasteiger partial charge in [0.25, 0.3) is 5.79 Å². The summed E-state index contributed by atoms with van der Waals surface area (Å²) < 4.78 is 25.8. The second kappa shape index (κ2) is 12.7. The molecule has 0 saturated carbocycles. The average Bonchev–Trinajstić information content (AvgIpc) is 2.91. The summed E-state index contributed by atoms with van der Waals surface area (Å²) in [6, 6.07) is 0. The Morgan fingerprint density at radius 1 is 0.750 bits per heavy atom. The maximum Gasteiger partial charge on any atom is 0.303 e. The van der Waals surface area contributed by atoms with Crippen LogP contribution in [-0.2, 0) is 57.2 Å². The first kappa shape index (κ1) is 37.6. The van der Waals surface area contributed by atoms with E-state index in [0.717, 1.165) is 13.8 Å². The third-order valence-corrected chi connectivity index (χ3v) is 8.10. The van der Waals surface area contributed by atoms with Crippen LogP contribution >= 0.6 is 15.9 Å². The van der Waals surface area contributed by atoms with Crippen LogP contribution in [0.1, 0.15) is 41.5 Å². The average molecular weight is 701 g/mol. The lowest BCUT2D eigenvalue weighted by atomic mass is 9.53. The third kappa shape index (κ3) is 5.04. The van der Waals surface area contributed by atoms with E-state index in [0.29, 0.717) is 27.7 Å². The zero-order chi connectivity index (χ0) is 34.4. The van der Waals surface area contributed by atoms with E-state index in [4.69, 9.17) is 23.7 Å². The summed E-state index contributed by atoms with van der Waals surface area (Å²) in [5, 5.41) is 66.8. The van der Waals surface area contributed by atoms with Gasteiger partial charge in [0, 0.05) is 20.8 Å². The first-order valence-corrected chi connectivity index (χ1v) is 13.8. The number of Topliss-reactive ketones (excluding diaryl/α,β-unsaturated/α-hetero) is 5. The van der Waals surface area contributed by atoms with Gasteiger partial charge in [0.2, 0.25) is 16.8 Å². The quantitative estimate of drug-likeness (QED) is 0.0881. The molecule has 2 rings (SSSR count). The number of halogens is 1. The minimum atomic E-state index is -4.26. The van der Waals surface area contributed by atoms with Crippen molar-refractivity contribution in [2.45, 2.75) is 101 Å². The normalized spacial score (nSPS) is 40.4. The summed E-state index contributed by atoms with van der Waals surface area (Å²) in [4.78, 5) is 89.9. The number of aliphatic hydroxyl groups is 6. The van der Waals surface area contributed by atoms with E-state index in [1.807, 2.05) is 0 Å². The molecule has 2 fully saturated rings. The van der Waals surface area contributed by atoms with Gasteiger partial charge in [-0.15, -0.1) is 0 Å². The zero-order valence-electron chi connectivity index (χ0n) is 24.3. The van der Waals surface area contributed by atoms with Gasteiger partial charge < -0.3 is 54.3 Å². The standard InChI is InChI=1S/C25H33BrO18/c1-9(28)22(37)23(38,10(2)29)25(39,12(4)31)44-21(8-27,15(34)7-26)24(22,11(3)30)43-20-16(35)17(40-13(5)32)18(19(36)42-20)41-14(6)33/h16-20,27,35-39H,7-8H2,1-6H3/t16-,17+,18+,19+,20+,21+,22+,23+,24-,25+/m1/s1. The molecule has 0 aliphatic carbocycles. The van der Waals surface area contributed by atoms with Gasteiger partial charge in [-0.25, -0.2) is 0 Å². The van der Waals surface area contributed by atoms with Crippen molar-refractivity contribution in [3.63, 3.8) is 0 Å². The monoisotopic (exact) mass is 700 g/mol. The van der Waals surface area contributed by atoms with Gasteiger partial charge in [0.05, 0.1) is 11.9 Å². The Labute approximate surface area is 257 Å². The Kier molecular flexibility index (Phi) is 10.8. The third-order valence-electron chi connectivity index (χ3n) is 7.59. The summed E-state index contributed by atoms with van der Waals surface area (Å²) in [5.74, 6) is -14.8. The summed E-state index contributed by atoms with van der Waals surface area (Å²) in [6.45, 7) is 1.84. The molecule has 0 aromatic heterocycles. The van der Waals surface area contributed by atoms with Crippen LogP contribution in [0, 0.1) is 0 Å². The van der Waals surface area contributed by atoms with E-state index in [-0.39, 0.29) is 0 Å². The Morgan fingerprint density at radius 2 is 1.23 bits per heavy atom. The van der Waals surface area contributed by atoms with Gasteiger partial charge >= 0.3 is 11.9 Å². The number of esters is 2. The van der Waals surface area contributed by atoms with Crippen molar-refractivity contribution in [3.8, 4) is 0 Å². The number of aliphatic hydroxyl groups excluding tert-OH is 3. The van der Waals surface area contributed by atoms with Crippen LogP contribution in [0.2, 0.25) is 0 Å². The SMILES string of the molecule is CC(=O)O[C@H]1[C@@H](O)[C@H](O[C@@]2(C(C)=O)[C@](O)(C(C)=O)[C@@](O)(C(C)=O)[C@](O)(C(C)=O)O[C@@]2(CO)C(=O)CBr)O[C@H](O)[C@H]1OC(C)=O. The van der Waals surface area contributed by atoms with Gasteiger partial charge in [-0.2, -0.15) is 0 Å². The van der Waals surface area contributed by atoms with Crippen molar-refractivity contribution in [1.29, 1.82) is 0 Å². The highest BCUT2D eigenvalue weighted by molar-refractivity contribution is 9.09.